The first-order valence-electron chi connectivity index (χ1n) is 18.3. The first-order valence-corrected chi connectivity index (χ1v) is 18.3. The van der Waals surface area contributed by atoms with Crippen LogP contribution in [0.1, 0.15) is 0 Å². The molecule has 0 saturated carbocycles. The summed E-state index contributed by atoms with van der Waals surface area (Å²) in [5, 5.41) is 5.82. The molecule has 11 aromatic rings. The fourth-order valence-corrected chi connectivity index (χ4v) is 8.31. The molecular weight excluding hydrogens is 657 g/mol. The Kier molecular flexibility index (Phi) is 6.82. The summed E-state index contributed by atoms with van der Waals surface area (Å²) in [5.74, 6) is 0.652. The molecule has 0 spiro atoms. The number of benzene rings is 8. The largest absolute Gasteiger partial charge is 0.309 e. The Morgan fingerprint density at radius 2 is 0.833 bits per heavy atom. The second kappa shape index (κ2) is 12.1. The highest BCUT2D eigenvalue weighted by Gasteiger charge is 2.22. The predicted octanol–water partition coefficient (Wildman–Crippen LogP) is 12.8. The first kappa shape index (κ1) is 30.3. The van der Waals surface area contributed by atoms with Gasteiger partial charge in [0, 0.05) is 38.2 Å². The molecule has 0 aliphatic rings. The second-order valence-corrected chi connectivity index (χ2v) is 13.8. The fourth-order valence-electron chi connectivity index (χ4n) is 8.31. The zero-order valence-electron chi connectivity index (χ0n) is 29.3. The molecule has 8 aromatic carbocycles. The summed E-state index contributed by atoms with van der Waals surface area (Å²) in [6.45, 7) is 0. The highest BCUT2D eigenvalue weighted by Crippen LogP contribution is 2.43. The van der Waals surface area contributed by atoms with Crippen LogP contribution in [0.25, 0.3) is 99.7 Å². The monoisotopic (exact) mass is 688 g/mol. The summed E-state index contributed by atoms with van der Waals surface area (Å²) in [7, 11) is 0. The molecule has 0 fully saturated rings. The molecule has 0 aliphatic heterocycles. The van der Waals surface area contributed by atoms with E-state index in [2.05, 4.69) is 203 Å². The third-order valence-corrected chi connectivity index (χ3v) is 10.7. The lowest BCUT2D eigenvalue weighted by molar-refractivity contribution is 1.01. The third-order valence-electron chi connectivity index (χ3n) is 10.7. The van der Waals surface area contributed by atoms with E-state index in [4.69, 9.17) is 9.97 Å². The van der Waals surface area contributed by atoms with Crippen molar-refractivity contribution in [3.63, 3.8) is 0 Å². The van der Waals surface area contributed by atoms with Crippen LogP contribution in [0.2, 0.25) is 0 Å². The van der Waals surface area contributed by atoms with Crippen LogP contribution in [0, 0.1) is 0 Å². The Hall–Kier alpha value is -7.30. The van der Waals surface area contributed by atoms with Gasteiger partial charge in [-0.25, -0.2) is 9.97 Å². The van der Waals surface area contributed by atoms with Crippen LogP contribution < -0.4 is 0 Å². The van der Waals surface area contributed by atoms with Crippen LogP contribution in [0.4, 0.5) is 0 Å². The van der Waals surface area contributed by atoms with Gasteiger partial charge in [-0.1, -0.05) is 146 Å². The van der Waals surface area contributed by atoms with Gasteiger partial charge in [-0.3, -0.25) is 4.57 Å². The van der Waals surface area contributed by atoms with Crippen molar-refractivity contribution in [3.8, 4) is 45.1 Å². The maximum Gasteiger partial charge on any atom is 0.235 e. The highest BCUT2D eigenvalue weighted by molar-refractivity contribution is 6.28. The van der Waals surface area contributed by atoms with Gasteiger partial charge in [-0.05, 0) is 70.8 Å². The molecule has 0 amide bonds. The number of aromatic nitrogens is 4. The van der Waals surface area contributed by atoms with Crippen molar-refractivity contribution in [1.29, 1.82) is 0 Å². The normalized spacial score (nSPS) is 11.7. The molecule has 0 aliphatic carbocycles. The molecular formula is C50H32N4. The van der Waals surface area contributed by atoms with Crippen LogP contribution >= 0.6 is 0 Å². The lowest BCUT2D eigenvalue weighted by Gasteiger charge is -2.13. The van der Waals surface area contributed by atoms with Gasteiger partial charge in [0.15, 0.2) is 0 Å². The van der Waals surface area contributed by atoms with Crippen LogP contribution in [-0.4, -0.2) is 19.1 Å². The van der Waals surface area contributed by atoms with Gasteiger partial charge in [0.1, 0.15) is 0 Å². The van der Waals surface area contributed by atoms with E-state index in [0.29, 0.717) is 5.95 Å². The van der Waals surface area contributed by atoms with Crippen LogP contribution in [0.15, 0.2) is 194 Å². The fraction of sp³-hybridized carbons (Fsp3) is 0. The number of hydrogen-bond donors (Lipinski definition) is 0. The summed E-state index contributed by atoms with van der Waals surface area (Å²) in [6.07, 6.45) is 0. The van der Waals surface area contributed by atoms with E-state index in [1.165, 1.54) is 43.8 Å². The maximum absolute atomic E-state index is 5.43. The van der Waals surface area contributed by atoms with E-state index in [1.807, 2.05) is 0 Å². The highest BCUT2D eigenvalue weighted by atomic mass is 15.2. The number of fused-ring (bicyclic) bond motifs is 8. The Morgan fingerprint density at radius 3 is 1.48 bits per heavy atom. The van der Waals surface area contributed by atoms with Gasteiger partial charge < -0.3 is 4.57 Å². The maximum atomic E-state index is 5.43. The van der Waals surface area contributed by atoms with Gasteiger partial charge >= 0.3 is 0 Å². The van der Waals surface area contributed by atoms with Gasteiger partial charge in [0.2, 0.25) is 5.95 Å². The Labute approximate surface area is 311 Å². The molecule has 0 radical (unpaired) electrons. The molecule has 0 saturated heterocycles. The van der Waals surface area contributed by atoms with Crippen molar-refractivity contribution in [1.82, 2.24) is 19.1 Å². The summed E-state index contributed by atoms with van der Waals surface area (Å²) >= 11 is 0. The predicted molar refractivity (Wildman–Crippen MR) is 225 cm³/mol. The summed E-state index contributed by atoms with van der Waals surface area (Å²) in [5.41, 5.74) is 13.2. The third kappa shape index (κ3) is 4.70. The van der Waals surface area contributed by atoms with E-state index in [0.717, 1.165) is 50.0 Å². The standard InChI is InChI=1S/C50H32N4/c1-4-15-33(16-5-1)36-21-14-22-38(31-36)53-43-25-12-10-23-39(43)47-45(53)29-30-46-48(47)40-24-11-13-26-44(40)54(46)50-51-42-28-27-37(34-17-6-2-7-18-34)32-41(42)49(52-50)35-19-8-3-9-20-35/h1-32H. The van der Waals surface area contributed by atoms with Crippen molar-refractivity contribution in [2.75, 3.05) is 0 Å². The zero-order valence-corrected chi connectivity index (χ0v) is 29.3. The average molecular weight is 689 g/mol. The lowest BCUT2D eigenvalue weighted by atomic mass is 10.0. The van der Waals surface area contributed by atoms with E-state index < -0.39 is 0 Å². The summed E-state index contributed by atoms with van der Waals surface area (Å²) < 4.78 is 4.66. The molecule has 252 valence electrons. The molecule has 54 heavy (non-hydrogen) atoms. The van der Waals surface area contributed by atoms with Crippen molar-refractivity contribution in [3.05, 3.63) is 194 Å². The van der Waals surface area contributed by atoms with Crippen LogP contribution in [0.3, 0.4) is 0 Å². The van der Waals surface area contributed by atoms with Gasteiger partial charge in [-0.2, -0.15) is 0 Å². The van der Waals surface area contributed by atoms with Gasteiger partial charge in [0.25, 0.3) is 0 Å². The minimum Gasteiger partial charge on any atom is -0.309 e. The van der Waals surface area contributed by atoms with E-state index in [-0.39, 0.29) is 0 Å². The van der Waals surface area contributed by atoms with E-state index in [1.54, 1.807) is 0 Å². The molecule has 11 rings (SSSR count). The van der Waals surface area contributed by atoms with Crippen molar-refractivity contribution in [2.45, 2.75) is 0 Å². The smallest absolute Gasteiger partial charge is 0.235 e. The second-order valence-electron chi connectivity index (χ2n) is 13.8. The van der Waals surface area contributed by atoms with Crippen LogP contribution in [0.5, 0.6) is 0 Å². The average Bonchev–Trinajstić information content (AvgIpc) is 3.77. The SMILES string of the molecule is c1ccc(-c2cccc(-n3c4ccccc4c4c5c6ccccc6n(-c6nc(-c7ccccc7)c7cc(-c8ccccc8)ccc7n6)c5ccc43)c2)cc1. The molecule has 3 aromatic heterocycles. The Balaban J connectivity index is 1.19. The number of hydrogen-bond acceptors (Lipinski definition) is 2. The van der Waals surface area contributed by atoms with E-state index in [9.17, 15) is 0 Å². The van der Waals surface area contributed by atoms with Crippen LogP contribution in [-0.2, 0) is 0 Å². The van der Waals surface area contributed by atoms with E-state index >= 15 is 0 Å². The molecule has 0 N–H and O–H groups in total. The molecule has 0 atom stereocenters. The summed E-state index contributed by atoms with van der Waals surface area (Å²) in [4.78, 5) is 10.7. The van der Waals surface area contributed by atoms with Crippen molar-refractivity contribution < 1.29 is 0 Å². The van der Waals surface area contributed by atoms with Crippen molar-refractivity contribution in [2.24, 2.45) is 0 Å². The molecule has 4 nitrogen and oxygen atoms in total. The zero-order chi connectivity index (χ0) is 35.6. The minimum absolute atomic E-state index is 0.652. The number of rotatable bonds is 5. The first-order chi connectivity index (χ1) is 26.8. The molecule has 0 unspecified atom stereocenters. The quantitative estimate of drug-likeness (QED) is 0.180. The number of nitrogens with zero attached hydrogens (tertiary/aromatic N) is 4. The Morgan fingerprint density at radius 1 is 0.315 bits per heavy atom. The number of para-hydroxylation sites is 2. The minimum atomic E-state index is 0.652. The molecule has 4 heteroatoms. The molecule has 0 bridgehead atoms. The topological polar surface area (TPSA) is 35.6 Å². The van der Waals surface area contributed by atoms with Gasteiger partial charge in [0.05, 0.1) is 33.3 Å². The molecule has 3 heterocycles. The summed E-state index contributed by atoms with van der Waals surface area (Å²) in [6, 6.07) is 68.9. The van der Waals surface area contributed by atoms with Gasteiger partial charge in [-0.15, -0.1) is 0 Å². The lowest BCUT2D eigenvalue weighted by Crippen LogP contribution is -2.03. The Bertz CT molecular complexity index is 3200. The van der Waals surface area contributed by atoms with Crippen molar-refractivity contribution >= 4 is 54.5 Å².